The van der Waals surface area contributed by atoms with Crippen LogP contribution in [0.5, 0.6) is 0 Å². The third-order valence-corrected chi connectivity index (χ3v) is 7.75. The fraction of sp³-hybridized carbons (Fsp3) is 0.472. The molecule has 0 radical (unpaired) electrons. The van der Waals surface area contributed by atoms with Gasteiger partial charge in [0, 0.05) is 36.7 Å². The number of aryl methyl sites for hydroxylation is 1. The molecule has 4 aromatic rings. The number of anilines is 3. The molecule has 2 amide bonds. The Bertz CT molecular complexity index is 1700. The molecule has 256 valence electrons. The summed E-state index contributed by atoms with van der Waals surface area (Å²) >= 11 is 0. The van der Waals surface area contributed by atoms with E-state index in [1.165, 1.54) is 0 Å². The number of ether oxygens (including phenoxy) is 2. The summed E-state index contributed by atoms with van der Waals surface area (Å²) in [6, 6.07) is 14.1. The van der Waals surface area contributed by atoms with E-state index in [1.807, 2.05) is 94.7 Å². The first-order valence-corrected chi connectivity index (χ1v) is 16.7. The van der Waals surface area contributed by atoms with E-state index in [0.29, 0.717) is 5.69 Å². The number of nitrogens with one attached hydrogen (secondary N) is 4. The van der Waals surface area contributed by atoms with Gasteiger partial charge in [0.15, 0.2) is 11.5 Å². The monoisotopic (exact) mass is 656 g/mol. The molecule has 0 atom stereocenters. The molecular formula is C36H48N8O4. The first-order chi connectivity index (χ1) is 22.8. The van der Waals surface area contributed by atoms with Gasteiger partial charge in [0.2, 0.25) is 0 Å². The van der Waals surface area contributed by atoms with Crippen molar-refractivity contribution < 1.29 is 19.1 Å². The maximum Gasteiger partial charge on any atom is 0.412 e. The van der Waals surface area contributed by atoms with Crippen molar-refractivity contribution in [2.75, 3.05) is 22.5 Å². The van der Waals surface area contributed by atoms with Crippen molar-refractivity contribution in [3.8, 4) is 11.4 Å². The summed E-state index contributed by atoms with van der Waals surface area (Å²) in [5.41, 5.74) is 3.20. The SMILES string of the molecule is CC(C)(C)OC(=O)Nc1cccc(CCCNc2cccc(-c3cnc4c(NC5CCC(NC(=O)OC(C)(C)C)CC5)nccn34)n2)c1. The zero-order valence-corrected chi connectivity index (χ0v) is 28.8. The number of hydrogen-bond acceptors (Lipinski definition) is 9. The maximum absolute atomic E-state index is 12.2. The summed E-state index contributed by atoms with van der Waals surface area (Å²) in [5.74, 6) is 1.51. The van der Waals surface area contributed by atoms with Gasteiger partial charge in [-0.1, -0.05) is 18.2 Å². The maximum atomic E-state index is 12.2. The van der Waals surface area contributed by atoms with Crippen molar-refractivity contribution in [3.63, 3.8) is 0 Å². The van der Waals surface area contributed by atoms with Crippen LogP contribution in [-0.4, -0.2) is 61.4 Å². The van der Waals surface area contributed by atoms with E-state index in [9.17, 15) is 9.59 Å². The number of rotatable bonds is 10. The topological polar surface area (TPSA) is 144 Å². The Kier molecular flexibility index (Phi) is 10.7. The van der Waals surface area contributed by atoms with E-state index in [4.69, 9.17) is 19.4 Å². The largest absolute Gasteiger partial charge is 0.444 e. The predicted molar refractivity (Wildman–Crippen MR) is 188 cm³/mol. The number of alkyl carbamates (subject to hydrolysis) is 1. The Hall–Kier alpha value is -4.87. The van der Waals surface area contributed by atoms with E-state index < -0.39 is 17.3 Å². The first-order valence-electron chi connectivity index (χ1n) is 16.7. The van der Waals surface area contributed by atoms with Gasteiger partial charge < -0.3 is 25.4 Å². The highest BCUT2D eigenvalue weighted by Crippen LogP contribution is 2.27. The molecule has 1 aliphatic rings. The van der Waals surface area contributed by atoms with Gasteiger partial charge in [-0.3, -0.25) is 9.72 Å². The lowest BCUT2D eigenvalue weighted by atomic mass is 9.91. The minimum atomic E-state index is -0.549. The smallest absolute Gasteiger partial charge is 0.412 e. The van der Waals surface area contributed by atoms with E-state index in [1.54, 1.807) is 6.20 Å². The van der Waals surface area contributed by atoms with Crippen molar-refractivity contribution in [2.45, 2.75) is 103 Å². The Balaban J connectivity index is 1.13. The third-order valence-electron chi connectivity index (χ3n) is 7.75. The Labute approximate surface area is 282 Å². The second-order valence-electron chi connectivity index (χ2n) is 14.2. The number of amides is 2. The van der Waals surface area contributed by atoms with Gasteiger partial charge in [-0.15, -0.1) is 0 Å². The molecule has 0 spiro atoms. The lowest BCUT2D eigenvalue weighted by Crippen LogP contribution is -2.42. The van der Waals surface area contributed by atoms with E-state index in [-0.39, 0.29) is 18.2 Å². The van der Waals surface area contributed by atoms with E-state index >= 15 is 0 Å². The molecule has 4 N–H and O–H groups in total. The van der Waals surface area contributed by atoms with Crippen LogP contribution in [0.25, 0.3) is 17.0 Å². The van der Waals surface area contributed by atoms with Crippen LogP contribution >= 0.6 is 0 Å². The molecule has 48 heavy (non-hydrogen) atoms. The van der Waals surface area contributed by atoms with E-state index in [2.05, 4.69) is 32.3 Å². The fourth-order valence-electron chi connectivity index (χ4n) is 5.67. The number of carbonyl (C=O) groups is 2. The lowest BCUT2D eigenvalue weighted by Gasteiger charge is -2.30. The highest BCUT2D eigenvalue weighted by atomic mass is 16.6. The Morgan fingerprint density at radius 3 is 2.35 bits per heavy atom. The second-order valence-corrected chi connectivity index (χ2v) is 14.2. The number of carbonyl (C=O) groups excluding carboxylic acids is 2. The second kappa shape index (κ2) is 14.9. The highest BCUT2D eigenvalue weighted by molar-refractivity contribution is 5.85. The molecule has 1 saturated carbocycles. The number of fused-ring (bicyclic) bond motifs is 1. The number of nitrogens with zero attached hydrogens (tertiary/aromatic N) is 4. The zero-order chi connectivity index (χ0) is 34.3. The summed E-state index contributed by atoms with van der Waals surface area (Å²) in [7, 11) is 0. The van der Waals surface area contributed by atoms with Crippen molar-refractivity contribution in [3.05, 3.63) is 66.6 Å². The van der Waals surface area contributed by atoms with Crippen LogP contribution in [0.3, 0.4) is 0 Å². The molecule has 1 aromatic carbocycles. The van der Waals surface area contributed by atoms with Crippen molar-refractivity contribution in [2.24, 2.45) is 0 Å². The fourth-order valence-corrected chi connectivity index (χ4v) is 5.67. The highest BCUT2D eigenvalue weighted by Gasteiger charge is 2.26. The van der Waals surface area contributed by atoms with E-state index in [0.717, 1.165) is 79.3 Å². The zero-order valence-electron chi connectivity index (χ0n) is 28.8. The molecule has 12 heteroatoms. The van der Waals surface area contributed by atoms with Gasteiger partial charge in [-0.25, -0.2) is 24.5 Å². The molecule has 0 bridgehead atoms. The quantitative estimate of drug-likeness (QED) is 0.128. The van der Waals surface area contributed by atoms with Crippen LogP contribution in [0, 0.1) is 0 Å². The number of benzene rings is 1. The van der Waals surface area contributed by atoms with Crippen molar-refractivity contribution in [1.82, 2.24) is 24.7 Å². The van der Waals surface area contributed by atoms with Crippen LogP contribution in [0.4, 0.5) is 26.9 Å². The van der Waals surface area contributed by atoms with Crippen LogP contribution in [0.1, 0.15) is 79.2 Å². The van der Waals surface area contributed by atoms with Crippen molar-refractivity contribution in [1.29, 1.82) is 0 Å². The van der Waals surface area contributed by atoms with Gasteiger partial charge in [-0.2, -0.15) is 0 Å². The molecule has 1 fully saturated rings. The molecule has 12 nitrogen and oxygen atoms in total. The van der Waals surface area contributed by atoms with Crippen LogP contribution in [0.2, 0.25) is 0 Å². The molecule has 3 aromatic heterocycles. The molecule has 1 aliphatic carbocycles. The van der Waals surface area contributed by atoms with Gasteiger partial charge in [0.1, 0.15) is 17.0 Å². The van der Waals surface area contributed by atoms with Crippen molar-refractivity contribution >= 4 is 35.2 Å². The number of pyridine rings is 1. The van der Waals surface area contributed by atoms with Gasteiger partial charge in [0.25, 0.3) is 0 Å². The first kappa shape index (κ1) is 34.5. The summed E-state index contributed by atoms with van der Waals surface area (Å²) in [6.07, 6.45) is 9.94. The van der Waals surface area contributed by atoms with Crippen LogP contribution < -0.4 is 21.3 Å². The molecule has 0 aliphatic heterocycles. The Morgan fingerprint density at radius 2 is 1.60 bits per heavy atom. The average Bonchev–Trinajstić information content (AvgIpc) is 3.44. The summed E-state index contributed by atoms with van der Waals surface area (Å²) < 4.78 is 12.8. The summed E-state index contributed by atoms with van der Waals surface area (Å²) in [6.45, 7) is 11.9. The summed E-state index contributed by atoms with van der Waals surface area (Å²) in [4.78, 5) is 38.5. The summed E-state index contributed by atoms with van der Waals surface area (Å²) in [5, 5.41) is 12.8. The predicted octanol–water partition coefficient (Wildman–Crippen LogP) is 7.43. The molecule has 0 unspecified atom stereocenters. The minimum absolute atomic E-state index is 0.103. The van der Waals surface area contributed by atoms with Crippen LogP contribution in [-0.2, 0) is 15.9 Å². The number of hydrogen-bond donors (Lipinski definition) is 4. The average molecular weight is 657 g/mol. The minimum Gasteiger partial charge on any atom is -0.444 e. The molecule has 5 rings (SSSR count). The number of imidazole rings is 1. The van der Waals surface area contributed by atoms with Gasteiger partial charge in [0.05, 0.1) is 17.6 Å². The molecule has 0 saturated heterocycles. The molecular weight excluding hydrogens is 608 g/mol. The standard InChI is InChI=1S/C36H48N8O4/c1-35(2,3)47-33(45)41-26-17-15-25(16-18-26)40-31-32-39-23-29(44(32)21-20-38-31)28-13-8-14-30(43-28)37-19-9-11-24-10-7-12-27(22-24)42-34(46)48-36(4,5)6/h7-8,10,12-14,20-23,25-26H,9,11,15-19H2,1-6H3,(H,37,43)(H,38,40)(H,41,45)(H,42,46). The normalized spacial score (nSPS) is 16.6. The lowest BCUT2D eigenvalue weighted by molar-refractivity contribution is 0.0491. The van der Waals surface area contributed by atoms with Gasteiger partial charge in [-0.05, 0) is 110 Å². The third kappa shape index (κ3) is 10.1. The van der Waals surface area contributed by atoms with Gasteiger partial charge >= 0.3 is 12.2 Å². The number of aromatic nitrogens is 4. The molecule has 3 heterocycles. The van der Waals surface area contributed by atoms with Crippen LogP contribution in [0.15, 0.2) is 61.1 Å². The Morgan fingerprint density at radius 1 is 0.896 bits per heavy atom.